The third kappa shape index (κ3) is 3.84. The van der Waals surface area contributed by atoms with Crippen LogP contribution in [0.2, 0.25) is 0 Å². The molecule has 0 bridgehead atoms. The second-order valence-corrected chi connectivity index (χ2v) is 3.89. The van der Waals surface area contributed by atoms with Gasteiger partial charge in [0.2, 0.25) is 5.91 Å². The van der Waals surface area contributed by atoms with Crippen molar-refractivity contribution in [2.75, 3.05) is 19.0 Å². The first-order valence-electron chi connectivity index (χ1n) is 5.39. The molecular weight excluding hydrogens is 214 g/mol. The van der Waals surface area contributed by atoms with Crippen LogP contribution >= 0.6 is 11.6 Å². The van der Waals surface area contributed by atoms with E-state index in [0.717, 1.165) is 12.8 Å². The molecule has 0 aliphatic carbocycles. The Morgan fingerprint density at radius 2 is 2.40 bits per heavy atom. The summed E-state index contributed by atoms with van der Waals surface area (Å²) < 4.78 is 5.46. The molecule has 86 valence electrons. The van der Waals surface area contributed by atoms with Crippen LogP contribution in [-0.4, -0.2) is 31.0 Å². The molecule has 1 aliphatic rings. The van der Waals surface area contributed by atoms with Gasteiger partial charge in [-0.25, -0.2) is 0 Å². The van der Waals surface area contributed by atoms with Crippen LogP contribution in [-0.2, 0) is 9.53 Å². The van der Waals surface area contributed by atoms with Crippen LogP contribution in [0.25, 0.3) is 0 Å². The lowest BCUT2D eigenvalue weighted by atomic mass is 9.99. The molecule has 0 aromatic carbocycles. The first kappa shape index (κ1) is 12.5. The number of carbonyl (C=O) groups excluding carboxylic acids is 1. The van der Waals surface area contributed by atoms with Gasteiger partial charge in [-0.2, -0.15) is 0 Å². The number of ether oxygens (including phenoxy) is 1. The topological polar surface area (TPSA) is 38.3 Å². The molecule has 1 heterocycles. The lowest BCUT2D eigenvalue weighted by molar-refractivity contribution is -0.126. The minimum atomic E-state index is 0.0272. The van der Waals surface area contributed by atoms with Gasteiger partial charge in [0.15, 0.2) is 0 Å². The van der Waals surface area contributed by atoms with Crippen LogP contribution in [0, 0.1) is 5.92 Å². The molecule has 4 heteroatoms. The highest BCUT2D eigenvalue weighted by Crippen LogP contribution is 2.23. The third-order valence-electron chi connectivity index (χ3n) is 2.60. The van der Waals surface area contributed by atoms with E-state index in [1.807, 2.05) is 19.1 Å². The molecule has 0 radical (unpaired) electrons. The molecule has 1 saturated heterocycles. The first-order chi connectivity index (χ1) is 7.29. The highest BCUT2D eigenvalue weighted by atomic mass is 35.5. The minimum Gasteiger partial charge on any atom is -0.377 e. The SMILES string of the molecule is CCC1OCCC1C(=O)NC/C=C/CCl. The fourth-order valence-electron chi connectivity index (χ4n) is 1.79. The third-order valence-corrected chi connectivity index (χ3v) is 2.78. The number of hydrogen-bond donors (Lipinski definition) is 1. The minimum absolute atomic E-state index is 0.0272. The standard InChI is InChI=1S/C11H18ClNO2/c1-2-10-9(5-8-15-10)11(14)13-7-4-3-6-12/h3-4,9-10H,2,5-8H2,1H3,(H,13,14)/b4-3+. The average Bonchev–Trinajstić information content (AvgIpc) is 2.72. The number of amides is 1. The van der Waals surface area contributed by atoms with Gasteiger partial charge in [0.1, 0.15) is 0 Å². The number of rotatable bonds is 5. The smallest absolute Gasteiger partial charge is 0.226 e. The largest absolute Gasteiger partial charge is 0.377 e. The molecule has 1 fully saturated rings. The summed E-state index contributed by atoms with van der Waals surface area (Å²) >= 11 is 5.47. The molecule has 1 amide bonds. The first-order valence-corrected chi connectivity index (χ1v) is 5.93. The van der Waals surface area contributed by atoms with E-state index in [1.165, 1.54) is 0 Å². The summed E-state index contributed by atoms with van der Waals surface area (Å²) in [5.74, 6) is 0.609. The van der Waals surface area contributed by atoms with Crippen LogP contribution in [0.4, 0.5) is 0 Å². The molecule has 2 atom stereocenters. The van der Waals surface area contributed by atoms with Crippen molar-refractivity contribution >= 4 is 17.5 Å². The van der Waals surface area contributed by atoms with Gasteiger partial charge >= 0.3 is 0 Å². The molecular formula is C11H18ClNO2. The summed E-state index contributed by atoms with van der Waals surface area (Å²) in [5, 5.41) is 2.86. The maximum absolute atomic E-state index is 11.7. The number of nitrogens with one attached hydrogen (secondary N) is 1. The van der Waals surface area contributed by atoms with Gasteiger partial charge in [-0.05, 0) is 12.8 Å². The van der Waals surface area contributed by atoms with Crippen molar-refractivity contribution < 1.29 is 9.53 Å². The van der Waals surface area contributed by atoms with Crippen LogP contribution in [0.1, 0.15) is 19.8 Å². The van der Waals surface area contributed by atoms with Crippen molar-refractivity contribution in [3.05, 3.63) is 12.2 Å². The Balaban J connectivity index is 2.29. The Kier molecular flexibility index (Phi) is 5.73. The van der Waals surface area contributed by atoms with E-state index in [1.54, 1.807) is 0 Å². The normalized spacial score (nSPS) is 26.0. The van der Waals surface area contributed by atoms with Crippen LogP contribution in [0.5, 0.6) is 0 Å². The quantitative estimate of drug-likeness (QED) is 0.578. The molecule has 0 saturated carbocycles. The fraction of sp³-hybridized carbons (Fsp3) is 0.727. The lowest BCUT2D eigenvalue weighted by Crippen LogP contribution is -2.35. The fourth-order valence-corrected chi connectivity index (χ4v) is 1.91. The second kappa shape index (κ2) is 6.85. The predicted molar refractivity (Wildman–Crippen MR) is 61.0 cm³/mol. The number of halogens is 1. The van der Waals surface area contributed by atoms with Gasteiger partial charge in [0, 0.05) is 19.0 Å². The summed E-state index contributed by atoms with van der Waals surface area (Å²) in [4.78, 5) is 11.7. The predicted octanol–water partition coefficient (Wildman–Crippen LogP) is 1.71. The Morgan fingerprint density at radius 3 is 3.07 bits per heavy atom. The molecule has 1 N–H and O–H groups in total. The number of hydrogen-bond acceptors (Lipinski definition) is 2. The summed E-state index contributed by atoms with van der Waals surface area (Å²) in [7, 11) is 0. The van der Waals surface area contributed by atoms with Crippen molar-refractivity contribution in [3.8, 4) is 0 Å². The molecule has 3 nitrogen and oxygen atoms in total. The zero-order valence-corrected chi connectivity index (χ0v) is 9.80. The molecule has 1 rings (SSSR count). The number of carbonyl (C=O) groups is 1. The second-order valence-electron chi connectivity index (χ2n) is 3.58. The summed E-state index contributed by atoms with van der Waals surface area (Å²) in [6.07, 6.45) is 5.52. The van der Waals surface area contributed by atoms with E-state index in [4.69, 9.17) is 16.3 Å². The van der Waals surface area contributed by atoms with Crippen LogP contribution in [0.15, 0.2) is 12.2 Å². The summed E-state index contributed by atoms with van der Waals surface area (Å²) in [6, 6.07) is 0. The van der Waals surface area contributed by atoms with Gasteiger partial charge in [-0.15, -0.1) is 11.6 Å². The van der Waals surface area contributed by atoms with Gasteiger partial charge in [0.25, 0.3) is 0 Å². The van der Waals surface area contributed by atoms with Gasteiger partial charge in [-0.3, -0.25) is 4.79 Å². The molecule has 0 aromatic rings. The van der Waals surface area contributed by atoms with E-state index in [2.05, 4.69) is 5.32 Å². The Hall–Kier alpha value is -0.540. The maximum Gasteiger partial charge on any atom is 0.226 e. The van der Waals surface area contributed by atoms with Crippen molar-refractivity contribution in [3.63, 3.8) is 0 Å². The zero-order chi connectivity index (χ0) is 11.1. The number of alkyl halides is 1. The average molecular weight is 232 g/mol. The lowest BCUT2D eigenvalue weighted by Gasteiger charge is -2.15. The van der Waals surface area contributed by atoms with Crippen molar-refractivity contribution in [2.45, 2.75) is 25.9 Å². The van der Waals surface area contributed by atoms with E-state index in [-0.39, 0.29) is 17.9 Å². The van der Waals surface area contributed by atoms with E-state index < -0.39 is 0 Å². The Labute approximate surface area is 95.8 Å². The van der Waals surface area contributed by atoms with E-state index in [0.29, 0.717) is 19.0 Å². The van der Waals surface area contributed by atoms with Gasteiger partial charge in [-0.1, -0.05) is 19.1 Å². The van der Waals surface area contributed by atoms with Gasteiger partial charge < -0.3 is 10.1 Å². The molecule has 1 aliphatic heterocycles. The van der Waals surface area contributed by atoms with Crippen molar-refractivity contribution in [1.82, 2.24) is 5.32 Å². The van der Waals surface area contributed by atoms with Crippen LogP contribution < -0.4 is 5.32 Å². The summed E-state index contributed by atoms with van der Waals surface area (Å²) in [5.41, 5.74) is 0. The highest BCUT2D eigenvalue weighted by molar-refractivity contribution is 6.18. The van der Waals surface area contributed by atoms with Crippen LogP contribution in [0.3, 0.4) is 0 Å². The molecule has 0 aromatic heterocycles. The van der Waals surface area contributed by atoms with Gasteiger partial charge in [0.05, 0.1) is 12.0 Å². The van der Waals surface area contributed by atoms with E-state index >= 15 is 0 Å². The molecule has 2 unspecified atom stereocenters. The molecule has 15 heavy (non-hydrogen) atoms. The number of allylic oxidation sites excluding steroid dienone is 1. The maximum atomic E-state index is 11.7. The summed E-state index contributed by atoms with van der Waals surface area (Å²) in [6.45, 7) is 3.30. The zero-order valence-electron chi connectivity index (χ0n) is 9.04. The monoisotopic (exact) mass is 231 g/mol. The highest BCUT2D eigenvalue weighted by Gasteiger charge is 2.32. The molecule has 0 spiro atoms. The van der Waals surface area contributed by atoms with Crippen molar-refractivity contribution in [1.29, 1.82) is 0 Å². The van der Waals surface area contributed by atoms with Crippen molar-refractivity contribution in [2.24, 2.45) is 5.92 Å². The van der Waals surface area contributed by atoms with E-state index in [9.17, 15) is 4.79 Å². The Morgan fingerprint density at radius 1 is 1.60 bits per heavy atom. The Bertz CT molecular complexity index is 231.